The molecule has 0 fully saturated rings. The zero-order valence-corrected chi connectivity index (χ0v) is 13.5. The fraction of sp³-hybridized carbons (Fsp3) is 0.250. The molecule has 0 amide bonds. The molecule has 0 aromatic heterocycles. The van der Waals surface area contributed by atoms with E-state index >= 15 is 0 Å². The molecule has 1 N–H and O–H groups in total. The summed E-state index contributed by atoms with van der Waals surface area (Å²) in [5.74, 6) is 0.742. The van der Waals surface area contributed by atoms with E-state index in [1.807, 2.05) is 43.3 Å². The summed E-state index contributed by atoms with van der Waals surface area (Å²) in [5, 5.41) is 10.8. The largest absolute Gasteiger partial charge is 0.489 e. The zero-order chi connectivity index (χ0) is 14.5. The molecule has 20 heavy (non-hydrogen) atoms. The molecular formula is C16H16BrClO2. The third kappa shape index (κ3) is 3.75. The highest BCUT2D eigenvalue weighted by molar-refractivity contribution is 9.10. The second kappa shape index (κ2) is 7.11. The van der Waals surface area contributed by atoms with Gasteiger partial charge in [-0.25, -0.2) is 0 Å². The lowest BCUT2D eigenvalue weighted by Gasteiger charge is -2.16. The van der Waals surface area contributed by atoms with Crippen LogP contribution in [0.15, 0.2) is 46.9 Å². The first kappa shape index (κ1) is 15.4. The van der Waals surface area contributed by atoms with Crippen LogP contribution in [0.4, 0.5) is 0 Å². The van der Waals surface area contributed by atoms with E-state index in [2.05, 4.69) is 15.9 Å². The van der Waals surface area contributed by atoms with E-state index in [1.165, 1.54) is 0 Å². The quantitative estimate of drug-likeness (QED) is 0.836. The summed E-state index contributed by atoms with van der Waals surface area (Å²) in [6.45, 7) is 2.25. The molecule has 4 heteroatoms. The van der Waals surface area contributed by atoms with Gasteiger partial charge in [-0.1, -0.05) is 48.9 Å². The van der Waals surface area contributed by atoms with Gasteiger partial charge in [-0.2, -0.15) is 0 Å². The Morgan fingerprint density at radius 3 is 2.60 bits per heavy atom. The summed E-state index contributed by atoms with van der Waals surface area (Å²) in [5.41, 5.74) is 1.86. The van der Waals surface area contributed by atoms with Gasteiger partial charge < -0.3 is 9.84 Å². The molecule has 1 atom stereocenters. The van der Waals surface area contributed by atoms with E-state index < -0.39 is 6.10 Å². The number of ether oxygens (including phenoxy) is 1. The first-order valence-electron chi connectivity index (χ1n) is 6.45. The van der Waals surface area contributed by atoms with Crippen molar-refractivity contribution in [3.8, 4) is 5.75 Å². The minimum atomic E-state index is -0.650. The van der Waals surface area contributed by atoms with Crippen LogP contribution in [-0.2, 0) is 6.42 Å². The van der Waals surface area contributed by atoms with Gasteiger partial charge in [-0.05, 0) is 45.6 Å². The van der Waals surface area contributed by atoms with Crippen molar-refractivity contribution < 1.29 is 9.84 Å². The first-order valence-corrected chi connectivity index (χ1v) is 7.62. The fourth-order valence-corrected chi connectivity index (χ4v) is 2.96. The van der Waals surface area contributed by atoms with Crippen LogP contribution in [0.25, 0.3) is 0 Å². The normalized spacial score (nSPS) is 12.2. The highest BCUT2D eigenvalue weighted by Crippen LogP contribution is 2.33. The van der Waals surface area contributed by atoms with Crippen LogP contribution < -0.4 is 4.74 Å². The lowest BCUT2D eigenvalue weighted by molar-refractivity contribution is 0.107. The van der Waals surface area contributed by atoms with Crippen molar-refractivity contribution in [3.05, 3.63) is 63.1 Å². The highest BCUT2D eigenvalue weighted by atomic mass is 79.9. The summed E-state index contributed by atoms with van der Waals surface area (Å²) in [6.07, 6.45) is 0.166. The molecule has 0 saturated heterocycles. The van der Waals surface area contributed by atoms with Gasteiger partial charge in [-0.15, -0.1) is 0 Å². The third-order valence-corrected chi connectivity index (χ3v) is 3.84. The Kier molecular flexibility index (Phi) is 5.46. The molecule has 106 valence electrons. The maximum Gasteiger partial charge on any atom is 0.136 e. The minimum absolute atomic E-state index is 0.206. The molecule has 0 aliphatic rings. The van der Waals surface area contributed by atoms with Gasteiger partial charge in [-0.3, -0.25) is 0 Å². The number of hydrogen-bond acceptors (Lipinski definition) is 2. The van der Waals surface area contributed by atoms with Crippen molar-refractivity contribution in [2.75, 3.05) is 6.61 Å². The van der Waals surface area contributed by atoms with Crippen LogP contribution in [0, 0.1) is 0 Å². The topological polar surface area (TPSA) is 29.5 Å². The van der Waals surface area contributed by atoms with Crippen LogP contribution in [0.3, 0.4) is 0 Å². The highest BCUT2D eigenvalue weighted by Gasteiger charge is 2.13. The number of rotatable bonds is 5. The van der Waals surface area contributed by atoms with Gasteiger partial charge in [0, 0.05) is 5.02 Å². The molecule has 0 spiro atoms. The average molecular weight is 356 g/mol. The number of aryl methyl sites for hydroxylation is 1. The predicted octanol–water partition coefficient (Wildman–Crippen LogP) is 4.78. The smallest absolute Gasteiger partial charge is 0.136 e. The monoisotopic (exact) mass is 354 g/mol. The third-order valence-electron chi connectivity index (χ3n) is 3.04. The second-order valence-electron chi connectivity index (χ2n) is 4.47. The van der Waals surface area contributed by atoms with Crippen LogP contribution in [0.1, 0.15) is 24.2 Å². The molecule has 2 aromatic rings. The SMILES string of the molecule is CCc1cc(Cl)cc(Br)c1OCC(O)c1ccccc1. The van der Waals surface area contributed by atoms with Crippen molar-refractivity contribution in [1.29, 1.82) is 0 Å². The van der Waals surface area contributed by atoms with Gasteiger partial charge in [0.25, 0.3) is 0 Å². The number of benzene rings is 2. The maximum atomic E-state index is 10.1. The van der Waals surface area contributed by atoms with Crippen molar-refractivity contribution in [3.63, 3.8) is 0 Å². The van der Waals surface area contributed by atoms with Gasteiger partial charge in [0.2, 0.25) is 0 Å². The van der Waals surface area contributed by atoms with E-state index in [0.717, 1.165) is 27.8 Å². The zero-order valence-electron chi connectivity index (χ0n) is 11.1. The van der Waals surface area contributed by atoms with Gasteiger partial charge in [0.1, 0.15) is 18.5 Å². The van der Waals surface area contributed by atoms with Crippen molar-refractivity contribution in [2.24, 2.45) is 0 Å². The molecule has 2 nitrogen and oxygen atoms in total. The number of halogens is 2. The molecule has 0 aliphatic carbocycles. The average Bonchev–Trinajstić information content (AvgIpc) is 2.46. The summed E-state index contributed by atoms with van der Waals surface area (Å²) >= 11 is 9.48. The molecule has 2 rings (SSSR count). The number of hydrogen-bond donors (Lipinski definition) is 1. The van der Waals surface area contributed by atoms with Crippen LogP contribution >= 0.6 is 27.5 Å². The Labute approximate surface area is 132 Å². The second-order valence-corrected chi connectivity index (χ2v) is 5.76. The van der Waals surface area contributed by atoms with E-state index in [1.54, 1.807) is 6.07 Å². The summed E-state index contributed by atoms with van der Waals surface area (Å²) in [6, 6.07) is 13.2. The van der Waals surface area contributed by atoms with Crippen molar-refractivity contribution in [1.82, 2.24) is 0 Å². The Balaban J connectivity index is 2.11. The van der Waals surface area contributed by atoms with E-state index in [4.69, 9.17) is 16.3 Å². The van der Waals surface area contributed by atoms with Crippen LogP contribution in [0.2, 0.25) is 5.02 Å². The van der Waals surface area contributed by atoms with Crippen LogP contribution in [-0.4, -0.2) is 11.7 Å². The molecule has 1 unspecified atom stereocenters. The van der Waals surface area contributed by atoms with E-state index in [0.29, 0.717) is 5.02 Å². The summed E-state index contributed by atoms with van der Waals surface area (Å²) in [4.78, 5) is 0. The van der Waals surface area contributed by atoms with Gasteiger partial charge in [0.15, 0.2) is 0 Å². The number of aliphatic hydroxyl groups is 1. The Morgan fingerprint density at radius 2 is 1.95 bits per heavy atom. The van der Waals surface area contributed by atoms with Gasteiger partial charge in [0.05, 0.1) is 4.47 Å². The molecular weight excluding hydrogens is 340 g/mol. The Morgan fingerprint density at radius 1 is 1.25 bits per heavy atom. The molecule has 0 bridgehead atoms. The fourth-order valence-electron chi connectivity index (χ4n) is 1.97. The Bertz CT molecular complexity index is 572. The first-order chi connectivity index (χ1) is 9.61. The summed E-state index contributed by atoms with van der Waals surface area (Å²) < 4.78 is 6.58. The predicted molar refractivity (Wildman–Crippen MR) is 85.4 cm³/mol. The van der Waals surface area contributed by atoms with Crippen LogP contribution in [0.5, 0.6) is 5.75 Å². The Hall–Kier alpha value is -1.03. The van der Waals surface area contributed by atoms with Gasteiger partial charge >= 0.3 is 0 Å². The molecule has 2 aromatic carbocycles. The molecule has 0 aliphatic heterocycles. The molecule has 0 saturated carbocycles. The summed E-state index contributed by atoms with van der Waals surface area (Å²) in [7, 11) is 0. The minimum Gasteiger partial charge on any atom is -0.489 e. The molecule has 0 heterocycles. The van der Waals surface area contributed by atoms with Crippen molar-refractivity contribution >= 4 is 27.5 Å². The standard InChI is InChI=1S/C16H16BrClO2/c1-2-11-8-13(18)9-14(17)16(11)20-10-15(19)12-6-4-3-5-7-12/h3-9,15,19H,2,10H2,1H3. The molecule has 0 radical (unpaired) electrons. The lowest BCUT2D eigenvalue weighted by atomic mass is 10.1. The number of aliphatic hydroxyl groups excluding tert-OH is 1. The van der Waals surface area contributed by atoms with E-state index in [9.17, 15) is 5.11 Å². The van der Waals surface area contributed by atoms with Crippen molar-refractivity contribution in [2.45, 2.75) is 19.4 Å². The lowest BCUT2D eigenvalue weighted by Crippen LogP contribution is -2.10. The maximum absolute atomic E-state index is 10.1. The van der Waals surface area contributed by atoms with E-state index in [-0.39, 0.29) is 6.61 Å².